The maximum Gasteiger partial charge on any atom is 0.260 e. The molecule has 142 valence electrons. The van der Waals surface area contributed by atoms with Crippen LogP contribution in [0.5, 0.6) is 0 Å². The third-order valence-electron chi connectivity index (χ3n) is 4.26. The van der Waals surface area contributed by atoms with Crippen molar-refractivity contribution in [1.82, 2.24) is 9.88 Å². The summed E-state index contributed by atoms with van der Waals surface area (Å²) in [5.74, 6) is -1.58. The van der Waals surface area contributed by atoms with Crippen molar-refractivity contribution >= 4 is 32.6 Å². The van der Waals surface area contributed by atoms with E-state index in [9.17, 15) is 13.6 Å². The number of hydrogen-bond donors (Lipinski definition) is 0. The van der Waals surface area contributed by atoms with E-state index in [2.05, 4.69) is 4.98 Å². The van der Waals surface area contributed by atoms with Gasteiger partial charge in [0.25, 0.3) is 5.91 Å². The molecule has 0 aliphatic carbocycles. The second-order valence-electron chi connectivity index (χ2n) is 6.81. The molecule has 0 fully saturated rings. The Labute approximate surface area is 161 Å². The fraction of sp³-hybridized carbons (Fsp3) is 0.300. The molecule has 0 aliphatic rings. The molecule has 0 radical (unpaired) electrons. The molecule has 0 spiro atoms. The molecule has 4 nitrogen and oxygen atoms in total. The lowest BCUT2D eigenvalue weighted by Crippen LogP contribution is -2.37. The van der Waals surface area contributed by atoms with Crippen LogP contribution in [0.15, 0.2) is 30.3 Å². The van der Waals surface area contributed by atoms with Crippen LogP contribution in [0.4, 0.5) is 13.9 Å². The number of rotatable bonds is 5. The Kier molecular flexibility index (Phi) is 5.53. The van der Waals surface area contributed by atoms with Crippen molar-refractivity contribution in [2.75, 3.05) is 32.1 Å². The first-order valence-electron chi connectivity index (χ1n) is 8.55. The van der Waals surface area contributed by atoms with Gasteiger partial charge in [0.15, 0.2) is 10.9 Å². The SMILES string of the molecule is Cc1ccc(C(=O)N(CCN(C)C)c2nc3c(F)cc(F)cc3s2)c(C)c1. The van der Waals surface area contributed by atoms with Gasteiger partial charge in [0, 0.05) is 24.7 Å². The zero-order chi connectivity index (χ0) is 19.7. The lowest BCUT2D eigenvalue weighted by Gasteiger charge is -2.22. The zero-order valence-corrected chi connectivity index (χ0v) is 16.5. The Balaban J connectivity index is 2.05. The van der Waals surface area contributed by atoms with E-state index in [1.165, 1.54) is 6.07 Å². The number of nitrogens with zero attached hydrogens (tertiary/aromatic N) is 3. The van der Waals surface area contributed by atoms with E-state index >= 15 is 0 Å². The van der Waals surface area contributed by atoms with Crippen LogP contribution >= 0.6 is 11.3 Å². The van der Waals surface area contributed by atoms with Crippen LogP contribution in [0.25, 0.3) is 10.2 Å². The standard InChI is InChI=1S/C20H21F2N3OS/c1-12-5-6-15(13(2)9-12)19(26)25(8-7-24(3)4)20-23-18-16(22)10-14(21)11-17(18)27-20/h5-6,9-11H,7-8H2,1-4H3. The Hall–Kier alpha value is -2.38. The number of amides is 1. The van der Waals surface area contributed by atoms with E-state index in [0.29, 0.717) is 28.5 Å². The summed E-state index contributed by atoms with van der Waals surface area (Å²) >= 11 is 1.11. The second-order valence-corrected chi connectivity index (χ2v) is 7.82. The van der Waals surface area contributed by atoms with Crippen molar-refractivity contribution in [1.29, 1.82) is 0 Å². The molecule has 1 heterocycles. The highest BCUT2D eigenvalue weighted by molar-refractivity contribution is 7.22. The summed E-state index contributed by atoms with van der Waals surface area (Å²) in [5.41, 5.74) is 2.60. The first kappa shape index (κ1) is 19.4. The van der Waals surface area contributed by atoms with Gasteiger partial charge in [-0.3, -0.25) is 9.69 Å². The lowest BCUT2D eigenvalue weighted by atomic mass is 10.0. The number of benzene rings is 2. The predicted octanol–water partition coefficient (Wildman–Crippen LogP) is 4.40. The van der Waals surface area contributed by atoms with Crippen molar-refractivity contribution in [3.8, 4) is 0 Å². The van der Waals surface area contributed by atoms with Gasteiger partial charge in [0.1, 0.15) is 11.3 Å². The van der Waals surface area contributed by atoms with Crippen LogP contribution in [0.1, 0.15) is 21.5 Å². The van der Waals surface area contributed by atoms with Crippen LogP contribution < -0.4 is 4.90 Å². The van der Waals surface area contributed by atoms with Gasteiger partial charge in [-0.2, -0.15) is 0 Å². The fourth-order valence-corrected chi connectivity index (χ4v) is 3.87. The molecule has 0 unspecified atom stereocenters. The van der Waals surface area contributed by atoms with E-state index in [1.54, 1.807) is 11.0 Å². The van der Waals surface area contributed by atoms with Crippen molar-refractivity contribution in [2.45, 2.75) is 13.8 Å². The van der Waals surface area contributed by atoms with Gasteiger partial charge in [0.05, 0.1) is 4.70 Å². The first-order chi connectivity index (χ1) is 12.8. The maximum absolute atomic E-state index is 14.1. The van der Waals surface area contributed by atoms with Crippen molar-refractivity contribution in [3.63, 3.8) is 0 Å². The van der Waals surface area contributed by atoms with Gasteiger partial charge < -0.3 is 4.90 Å². The highest BCUT2D eigenvalue weighted by Gasteiger charge is 2.23. The summed E-state index contributed by atoms with van der Waals surface area (Å²) in [4.78, 5) is 21.0. The topological polar surface area (TPSA) is 36.4 Å². The van der Waals surface area contributed by atoms with Gasteiger partial charge in [-0.1, -0.05) is 29.0 Å². The summed E-state index contributed by atoms with van der Waals surface area (Å²) in [7, 11) is 3.82. The molecule has 0 bridgehead atoms. The van der Waals surface area contributed by atoms with Gasteiger partial charge in [-0.15, -0.1) is 0 Å². The van der Waals surface area contributed by atoms with E-state index < -0.39 is 11.6 Å². The lowest BCUT2D eigenvalue weighted by molar-refractivity contribution is 0.0984. The molecular formula is C20H21F2N3OS. The highest BCUT2D eigenvalue weighted by Crippen LogP contribution is 2.32. The van der Waals surface area contributed by atoms with Gasteiger partial charge in [-0.05, 0) is 45.6 Å². The van der Waals surface area contributed by atoms with E-state index in [-0.39, 0.29) is 11.4 Å². The smallest absolute Gasteiger partial charge is 0.260 e. The number of fused-ring (bicyclic) bond motifs is 1. The molecule has 0 saturated carbocycles. The number of carbonyl (C=O) groups excluding carboxylic acids is 1. The number of anilines is 1. The van der Waals surface area contributed by atoms with E-state index in [0.717, 1.165) is 28.5 Å². The van der Waals surface area contributed by atoms with E-state index in [4.69, 9.17) is 0 Å². The molecule has 2 aromatic carbocycles. The molecule has 27 heavy (non-hydrogen) atoms. The minimum Gasteiger partial charge on any atom is -0.308 e. The Bertz CT molecular complexity index is 1000. The van der Waals surface area contributed by atoms with Crippen LogP contribution in [0.2, 0.25) is 0 Å². The molecule has 0 aliphatic heterocycles. The highest BCUT2D eigenvalue weighted by atomic mass is 32.1. The Morgan fingerprint density at radius 3 is 2.52 bits per heavy atom. The van der Waals surface area contributed by atoms with Crippen molar-refractivity contribution in [3.05, 3.63) is 58.7 Å². The summed E-state index contributed by atoms with van der Waals surface area (Å²) in [6.45, 7) is 4.86. The summed E-state index contributed by atoms with van der Waals surface area (Å²) in [5, 5.41) is 0.362. The fourth-order valence-electron chi connectivity index (χ4n) is 2.84. The van der Waals surface area contributed by atoms with Crippen molar-refractivity contribution < 1.29 is 13.6 Å². The molecule has 1 aromatic heterocycles. The number of aromatic nitrogens is 1. The maximum atomic E-state index is 14.1. The number of aryl methyl sites for hydroxylation is 2. The number of carbonyl (C=O) groups is 1. The molecule has 3 rings (SSSR count). The minimum absolute atomic E-state index is 0.0830. The number of likely N-dealkylation sites (N-methyl/N-ethyl adjacent to an activating group) is 1. The molecule has 3 aromatic rings. The summed E-state index contributed by atoms with van der Waals surface area (Å²) < 4.78 is 28.0. The van der Waals surface area contributed by atoms with Crippen LogP contribution in [0, 0.1) is 25.5 Å². The quantitative estimate of drug-likeness (QED) is 0.649. The van der Waals surface area contributed by atoms with Crippen LogP contribution in [-0.2, 0) is 0 Å². The first-order valence-corrected chi connectivity index (χ1v) is 9.37. The molecule has 0 saturated heterocycles. The Morgan fingerprint density at radius 2 is 1.85 bits per heavy atom. The number of thiazole rings is 1. The third kappa shape index (κ3) is 4.14. The normalized spacial score (nSPS) is 11.4. The van der Waals surface area contributed by atoms with Crippen LogP contribution in [0.3, 0.4) is 0 Å². The Morgan fingerprint density at radius 1 is 1.11 bits per heavy atom. The van der Waals surface area contributed by atoms with Gasteiger partial charge in [-0.25, -0.2) is 13.8 Å². The van der Waals surface area contributed by atoms with Gasteiger partial charge >= 0.3 is 0 Å². The zero-order valence-electron chi connectivity index (χ0n) is 15.7. The van der Waals surface area contributed by atoms with Crippen LogP contribution in [-0.4, -0.2) is 43.0 Å². The third-order valence-corrected chi connectivity index (χ3v) is 5.29. The number of halogens is 2. The molecule has 7 heteroatoms. The average Bonchev–Trinajstić information content (AvgIpc) is 2.98. The summed E-state index contributed by atoms with van der Waals surface area (Å²) in [6.07, 6.45) is 0. The van der Waals surface area contributed by atoms with E-state index in [1.807, 2.05) is 45.0 Å². The largest absolute Gasteiger partial charge is 0.308 e. The average molecular weight is 389 g/mol. The predicted molar refractivity (Wildman–Crippen MR) is 106 cm³/mol. The molecule has 0 atom stereocenters. The minimum atomic E-state index is -0.723. The molecular weight excluding hydrogens is 368 g/mol. The van der Waals surface area contributed by atoms with Gasteiger partial charge in [0.2, 0.25) is 0 Å². The molecule has 0 N–H and O–H groups in total. The summed E-state index contributed by atoms with van der Waals surface area (Å²) in [6, 6.07) is 7.68. The molecule has 1 amide bonds. The second kappa shape index (κ2) is 7.70. The number of hydrogen-bond acceptors (Lipinski definition) is 4. The van der Waals surface area contributed by atoms with Crippen molar-refractivity contribution in [2.24, 2.45) is 0 Å². The monoisotopic (exact) mass is 389 g/mol.